The Labute approximate surface area is 160 Å². The van der Waals surface area contributed by atoms with E-state index in [0.717, 1.165) is 29.3 Å². The molecule has 1 aliphatic heterocycles. The summed E-state index contributed by atoms with van der Waals surface area (Å²) >= 11 is 0.909. The second kappa shape index (κ2) is 7.65. The molecule has 1 amide bonds. The van der Waals surface area contributed by atoms with Gasteiger partial charge in [0.25, 0.3) is 0 Å². The molecule has 27 heavy (non-hydrogen) atoms. The molecule has 0 radical (unpaired) electrons. The summed E-state index contributed by atoms with van der Waals surface area (Å²) in [5.74, 6) is -0.256. The molecule has 3 rings (SSSR count). The van der Waals surface area contributed by atoms with E-state index < -0.39 is 14.8 Å². The van der Waals surface area contributed by atoms with Crippen molar-refractivity contribution >= 4 is 43.5 Å². The number of thiophene rings is 1. The molecule has 1 saturated heterocycles. The molecule has 144 valence electrons. The van der Waals surface area contributed by atoms with Gasteiger partial charge in [-0.05, 0) is 25.0 Å². The largest absolute Gasteiger partial charge is 0.358 e. The van der Waals surface area contributed by atoms with Gasteiger partial charge in [-0.25, -0.2) is 8.42 Å². The minimum Gasteiger partial charge on any atom is -0.358 e. The molecular formula is C17H19N3O5S2. The van der Waals surface area contributed by atoms with E-state index in [2.05, 4.69) is 5.32 Å². The molecule has 1 aromatic carbocycles. The quantitative estimate of drug-likeness (QED) is 0.601. The Morgan fingerprint density at radius 1 is 1.26 bits per heavy atom. The van der Waals surface area contributed by atoms with Crippen molar-refractivity contribution in [3.63, 3.8) is 0 Å². The van der Waals surface area contributed by atoms with Crippen LogP contribution >= 0.6 is 11.3 Å². The van der Waals surface area contributed by atoms with Gasteiger partial charge in [0.2, 0.25) is 5.91 Å². The summed E-state index contributed by atoms with van der Waals surface area (Å²) in [6, 6.07) is 10.3. The van der Waals surface area contributed by atoms with Gasteiger partial charge in [-0.3, -0.25) is 14.9 Å². The first-order valence-electron chi connectivity index (χ1n) is 8.35. The molecular weight excluding hydrogens is 390 g/mol. The number of hydrogen-bond donors (Lipinski definition) is 1. The summed E-state index contributed by atoms with van der Waals surface area (Å²) in [7, 11) is -3.51. The zero-order valence-electron chi connectivity index (χ0n) is 14.6. The smallest absolute Gasteiger partial charge is 0.305 e. The van der Waals surface area contributed by atoms with E-state index >= 15 is 0 Å². The van der Waals surface area contributed by atoms with Crippen molar-refractivity contribution in [2.24, 2.45) is 5.92 Å². The van der Waals surface area contributed by atoms with E-state index in [-0.39, 0.29) is 21.7 Å². The monoisotopic (exact) mass is 409 g/mol. The van der Waals surface area contributed by atoms with Crippen molar-refractivity contribution < 1.29 is 18.1 Å². The van der Waals surface area contributed by atoms with E-state index in [1.807, 2.05) is 30.3 Å². The summed E-state index contributed by atoms with van der Waals surface area (Å²) < 4.78 is 23.5. The number of para-hydroxylation sites is 1. The van der Waals surface area contributed by atoms with Crippen LogP contribution in [0.15, 0.2) is 40.6 Å². The van der Waals surface area contributed by atoms with Crippen LogP contribution in [0.5, 0.6) is 0 Å². The third kappa shape index (κ3) is 4.45. The lowest BCUT2D eigenvalue weighted by molar-refractivity contribution is -0.383. The summed E-state index contributed by atoms with van der Waals surface area (Å²) in [4.78, 5) is 24.9. The van der Waals surface area contributed by atoms with E-state index in [0.29, 0.717) is 30.9 Å². The second-order valence-electron chi connectivity index (χ2n) is 6.40. The third-order valence-corrected chi connectivity index (χ3v) is 7.41. The molecule has 2 heterocycles. The fourth-order valence-corrected chi connectivity index (χ4v) is 5.08. The van der Waals surface area contributed by atoms with Crippen molar-refractivity contribution in [1.29, 1.82) is 0 Å². The van der Waals surface area contributed by atoms with Crippen LogP contribution in [0.3, 0.4) is 0 Å². The lowest BCUT2D eigenvalue weighted by Crippen LogP contribution is -2.38. The lowest BCUT2D eigenvalue weighted by atomic mass is 9.96. The molecule has 0 spiro atoms. The highest BCUT2D eigenvalue weighted by molar-refractivity contribution is 7.92. The van der Waals surface area contributed by atoms with E-state index in [1.165, 1.54) is 0 Å². The number of sulfone groups is 1. The highest BCUT2D eigenvalue weighted by Crippen LogP contribution is 2.41. The molecule has 0 atom stereocenters. The number of rotatable bonds is 5. The number of piperidine rings is 1. The maximum Gasteiger partial charge on any atom is 0.305 e. The SMILES string of the molecule is CS(=O)(=O)c1cc([N+](=O)[O-])c(N2CCC(C(=O)Nc3ccccc3)CC2)s1. The summed E-state index contributed by atoms with van der Waals surface area (Å²) in [5, 5.41) is 14.5. The van der Waals surface area contributed by atoms with Crippen LogP contribution in [-0.2, 0) is 14.6 Å². The zero-order chi connectivity index (χ0) is 19.6. The van der Waals surface area contributed by atoms with Gasteiger partial charge in [-0.2, -0.15) is 0 Å². The van der Waals surface area contributed by atoms with Gasteiger partial charge in [-0.15, -0.1) is 0 Å². The molecule has 2 aromatic rings. The summed E-state index contributed by atoms with van der Waals surface area (Å²) in [6.45, 7) is 0.912. The Bertz CT molecular complexity index is 948. The second-order valence-corrected chi connectivity index (χ2v) is 9.67. The van der Waals surface area contributed by atoms with Crippen molar-refractivity contribution in [2.75, 3.05) is 29.6 Å². The van der Waals surface area contributed by atoms with Crippen LogP contribution in [0.4, 0.5) is 16.4 Å². The molecule has 0 unspecified atom stereocenters. The third-order valence-electron chi connectivity index (χ3n) is 4.43. The van der Waals surface area contributed by atoms with E-state index in [9.17, 15) is 23.3 Å². The number of amides is 1. The van der Waals surface area contributed by atoms with Crippen LogP contribution in [0, 0.1) is 16.0 Å². The molecule has 8 nitrogen and oxygen atoms in total. The Hall–Kier alpha value is -2.46. The predicted molar refractivity (Wildman–Crippen MR) is 104 cm³/mol. The maximum atomic E-state index is 12.4. The van der Waals surface area contributed by atoms with Gasteiger partial charge in [0.15, 0.2) is 14.8 Å². The average Bonchev–Trinajstić information content (AvgIpc) is 3.09. The van der Waals surface area contributed by atoms with Gasteiger partial charge in [0.1, 0.15) is 4.21 Å². The minimum absolute atomic E-state index is 0.0202. The summed E-state index contributed by atoms with van der Waals surface area (Å²) in [5.41, 5.74) is 0.532. The van der Waals surface area contributed by atoms with E-state index in [4.69, 9.17) is 0 Å². The van der Waals surface area contributed by atoms with Gasteiger partial charge in [-0.1, -0.05) is 29.5 Å². The molecule has 0 aliphatic carbocycles. The zero-order valence-corrected chi connectivity index (χ0v) is 16.3. The van der Waals surface area contributed by atoms with Gasteiger partial charge in [0.05, 0.1) is 4.92 Å². The average molecular weight is 409 g/mol. The number of benzene rings is 1. The Morgan fingerprint density at radius 2 is 1.89 bits per heavy atom. The predicted octanol–water partition coefficient (Wildman–Crippen LogP) is 2.91. The molecule has 1 aromatic heterocycles. The number of nitrogens with one attached hydrogen (secondary N) is 1. The molecule has 1 N–H and O–H groups in total. The molecule has 0 saturated carbocycles. The highest BCUT2D eigenvalue weighted by atomic mass is 32.2. The Morgan fingerprint density at radius 3 is 2.44 bits per heavy atom. The van der Waals surface area contributed by atoms with Crippen molar-refractivity contribution in [2.45, 2.75) is 17.1 Å². The van der Waals surface area contributed by atoms with Crippen molar-refractivity contribution in [3.8, 4) is 0 Å². The number of nitrogens with zero attached hydrogens (tertiary/aromatic N) is 2. The lowest BCUT2D eigenvalue weighted by Gasteiger charge is -2.31. The fraction of sp³-hybridized carbons (Fsp3) is 0.353. The topological polar surface area (TPSA) is 110 Å². The molecule has 1 aliphatic rings. The normalized spacial score (nSPS) is 15.5. The number of anilines is 2. The molecule has 1 fully saturated rings. The number of nitro groups is 1. The number of carbonyl (C=O) groups excluding carboxylic acids is 1. The Kier molecular flexibility index (Phi) is 5.47. The van der Waals surface area contributed by atoms with Gasteiger partial charge < -0.3 is 10.2 Å². The first-order chi connectivity index (χ1) is 12.8. The first-order valence-corrected chi connectivity index (χ1v) is 11.1. The first kappa shape index (κ1) is 19.3. The van der Waals surface area contributed by atoms with E-state index in [1.54, 1.807) is 4.90 Å². The Balaban J connectivity index is 1.69. The highest BCUT2D eigenvalue weighted by Gasteiger charge is 2.31. The van der Waals surface area contributed by atoms with Crippen LogP contribution in [0.25, 0.3) is 0 Å². The van der Waals surface area contributed by atoms with Gasteiger partial charge >= 0.3 is 5.69 Å². The minimum atomic E-state index is -3.51. The summed E-state index contributed by atoms with van der Waals surface area (Å²) in [6.07, 6.45) is 2.12. The van der Waals surface area contributed by atoms with Gasteiger partial charge in [0, 0.05) is 37.0 Å². The van der Waals surface area contributed by atoms with Crippen molar-refractivity contribution in [1.82, 2.24) is 0 Å². The van der Waals surface area contributed by atoms with Crippen LogP contribution < -0.4 is 10.2 Å². The van der Waals surface area contributed by atoms with Crippen LogP contribution in [0.1, 0.15) is 12.8 Å². The van der Waals surface area contributed by atoms with Crippen molar-refractivity contribution in [3.05, 3.63) is 46.5 Å². The van der Waals surface area contributed by atoms with Crippen LogP contribution in [0.2, 0.25) is 0 Å². The molecule has 0 bridgehead atoms. The molecule has 10 heteroatoms. The number of carbonyl (C=O) groups is 1. The van der Waals surface area contributed by atoms with Crippen LogP contribution in [-0.4, -0.2) is 38.6 Å². The fourth-order valence-electron chi connectivity index (χ4n) is 3.00. The number of hydrogen-bond acceptors (Lipinski definition) is 7. The maximum absolute atomic E-state index is 12.4. The standard InChI is InChI=1S/C17H19N3O5S2/c1-27(24,25)15-11-14(20(22)23)17(26-15)19-9-7-12(8-10-19)16(21)18-13-5-3-2-4-6-13/h2-6,11-12H,7-10H2,1H3,(H,18,21).